The van der Waals surface area contributed by atoms with E-state index < -0.39 is 0 Å². The molecular weight excluding hydrogens is 174 g/mol. The van der Waals surface area contributed by atoms with Gasteiger partial charge in [0.2, 0.25) is 0 Å². The Kier molecular flexibility index (Phi) is 5.49. The number of methoxy groups -OCH3 is 1. The zero-order valence-corrected chi connectivity index (χ0v) is 9.88. The van der Waals surface area contributed by atoms with Gasteiger partial charge in [-0.1, -0.05) is 19.8 Å². The first-order valence-electron chi connectivity index (χ1n) is 5.96. The molecule has 14 heavy (non-hydrogen) atoms. The highest BCUT2D eigenvalue weighted by atomic mass is 16.5. The van der Waals surface area contributed by atoms with Crippen LogP contribution in [0.5, 0.6) is 0 Å². The first-order valence-corrected chi connectivity index (χ1v) is 5.96. The van der Waals surface area contributed by atoms with Crippen LogP contribution in [0.1, 0.15) is 39.5 Å². The zero-order chi connectivity index (χ0) is 10.4. The maximum atomic E-state index is 5.12. The quantitative estimate of drug-likeness (QED) is 0.709. The van der Waals surface area contributed by atoms with Crippen molar-refractivity contribution in [2.45, 2.75) is 45.6 Å². The largest absolute Gasteiger partial charge is 0.384 e. The molecule has 0 aliphatic heterocycles. The van der Waals surface area contributed by atoms with Crippen molar-refractivity contribution in [1.29, 1.82) is 0 Å². The first kappa shape index (κ1) is 12.0. The van der Waals surface area contributed by atoms with Gasteiger partial charge < -0.3 is 10.1 Å². The van der Waals surface area contributed by atoms with E-state index in [0.29, 0.717) is 12.0 Å². The number of hydrogen-bond donors (Lipinski definition) is 1. The van der Waals surface area contributed by atoms with E-state index in [1.54, 1.807) is 7.11 Å². The lowest BCUT2D eigenvalue weighted by Gasteiger charge is -2.22. The highest BCUT2D eigenvalue weighted by molar-refractivity contribution is 4.77. The molecule has 0 aromatic carbocycles. The normalized spacial score (nSPS) is 22.5. The standard InChI is InChI=1S/C12H25NO/c1-10(9-14-3)8-13-11(2)12-6-4-5-7-12/h10-13H,4-9H2,1-3H3/t10?,11-/m1/s1. The van der Waals surface area contributed by atoms with Crippen molar-refractivity contribution in [3.63, 3.8) is 0 Å². The maximum absolute atomic E-state index is 5.12. The van der Waals surface area contributed by atoms with Crippen LogP contribution in [0.15, 0.2) is 0 Å². The van der Waals surface area contributed by atoms with Crippen molar-refractivity contribution in [2.75, 3.05) is 20.3 Å². The topological polar surface area (TPSA) is 21.3 Å². The summed E-state index contributed by atoms with van der Waals surface area (Å²) in [5.41, 5.74) is 0. The van der Waals surface area contributed by atoms with Crippen molar-refractivity contribution >= 4 is 0 Å². The fraction of sp³-hybridized carbons (Fsp3) is 1.00. The van der Waals surface area contributed by atoms with Crippen LogP contribution in [-0.4, -0.2) is 26.3 Å². The summed E-state index contributed by atoms with van der Waals surface area (Å²) in [4.78, 5) is 0. The van der Waals surface area contributed by atoms with Crippen LogP contribution >= 0.6 is 0 Å². The minimum Gasteiger partial charge on any atom is -0.384 e. The van der Waals surface area contributed by atoms with Crippen LogP contribution < -0.4 is 5.32 Å². The highest BCUT2D eigenvalue weighted by Gasteiger charge is 2.21. The van der Waals surface area contributed by atoms with Gasteiger partial charge >= 0.3 is 0 Å². The van der Waals surface area contributed by atoms with E-state index in [1.165, 1.54) is 25.7 Å². The Morgan fingerprint density at radius 3 is 2.50 bits per heavy atom. The van der Waals surface area contributed by atoms with Crippen LogP contribution in [0, 0.1) is 11.8 Å². The molecule has 0 spiro atoms. The summed E-state index contributed by atoms with van der Waals surface area (Å²) in [7, 11) is 1.77. The second-order valence-electron chi connectivity index (χ2n) is 4.80. The number of ether oxygens (including phenoxy) is 1. The lowest BCUT2D eigenvalue weighted by molar-refractivity contribution is 0.155. The van der Waals surface area contributed by atoms with E-state index >= 15 is 0 Å². The molecule has 1 saturated carbocycles. The first-order chi connectivity index (χ1) is 6.74. The van der Waals surface area contributed by atoms with Crippen LogP contribution in [0.2, 0.25) is 0 Å². The number of nitrogens with one attached hydrogen (secondary N) is 1. The molecule has 84 valence electrons. The van der Waals surface area contributed by atoms with Crippen molar-refractivity contribution in [3.8, 4) is 0 Å². The number of rotatable bonds is 6. The summed E-state index contributed by atoms with van der Waals surface area (Å²) >= 11 is 0. The van der Waals surface area contributed by atoms with Gasteiger partial charge in [0.1, 0.15) is 0 Å². The molecule has 1 unspecified atom stereocenters. The SMILES string of the molecule is COCC(C)CN[C@H](C)C1CCCC1. The van der Waals surface area contributed by atoms with Crippen molar-refractivity contribution < 1.29 is 4.74 Å². The maximum Gasteiger partial charge on any atom is 0.0499 e. The molecule has 0 heterocycles. The third-order valence-electron chi connectivity index (χ3n) is 3.35. The fourth-order valence-corrected chi connectivity index (χ4v) is 2.35. The average Bonchev–Trinajstić information content (AvgIpc) is 2.67. The van der Waals surface area contributed by atoms with Crippen LogP contribution in [-0.2, 0) is 4.74 Å². The third kappa shape index (κ3) is 3.97. The van der Waals surface area contributed by atoms with Gasteiger partial charge in [-0.25, -0.2) is 0 Å². The minimum atomic E-state index is 0.629. The Hall–Kier alpha value is -0.0800. The highest BCUT2D eigenvalue weighted by Crippen LogP contribution is 2.27. The summed E-state index contributed by atoms with van der Waals surface area (Å²) in [5.74, 6) is 1.55. The van der Waals surface area contributed by atoms with E-state index in [2.05, 4.69) is 19.2 Å². The molecule has 0 bridgehead atoms. The van der Waals surface area contributed by atoms with Gasteiger partial charge in [-0.05, 0) is 31.6 Å². The van der Waals surface area contributed by atoms with Gasteiger partial charge in [-0.3, -0.25) is 0 Å². The predicted molar refractivity (Wildman–Crippen MR) is 60.5 cm³/mol. The second-order valence-corrected chi connectivity index (χ2v) is 4.80. The van der Waals surface area contributed by atoms with Crippen LogP contribution in [0.25, 0.3) is 0 Å². The molecule has 0 aromatic heterocycles. The van der Waals surface area contributed by atoms with Crippen molar-refractivity contribution in [3.05, 3.63) is 0 Å². The minimum absolute atomic E-state index is 0.629. The van der Waals surface area contributed by atoms with E-state index in [1.807, 2.05) is 0 Å². The molecule has 0 amide bonds. The lowest BCUT2D eigenvalue weighted by atomic mass is 9.99. The van der Waals surface area contributed by atoms with Crippen molar-refractivity contribution in [2.24, 2.45) is 11.8 Å². The molecule has 2 atom stereocenters. The third-order valence-corrected chi connectivity index (χ3v) is 3.35. The Balaban J connectivity index is 2.10. The predicted octanol–water partition coefficient (Wildman–Crippen LogP) is 2.44. The molecule has 1 aliphatic carbocycles. The van der Waals surface area contributed by atoms with Gasteiger partial charge in [0.05, 0.1) is 0 Å². The molecule has 2 nitrogen and oxygen atoms in total. The number of hydrogen-bond acceptors (Lipinski definition) is 2. The van der Waals surface area contributed by atoms with E-state index in [9.17, 15) is 0 Å². The van der Waals surface area contributed by atoms with Gasteiger partial charge in [0, 0.05) is 26.3 Å². The van der Waals surface area contributed by atoms with Crippen LogP contribution in [0.4, 0.5) is 0 Å². The summed E-state index contributed by atoms with van der Waals surface area (Å²) in [6, 6.07) is 0.691. The van der Waals surface area contributed by atoms with E-state index in [-0.39, 0.29) is 0 Å². The molecular formula is C12H25NO. The van der Waals surface area contributed by atoms with Gasteiger partial charge in [-0.15, -0.1) is 0 Å². The summed E-state index contributed by atoms with van der Waals surface area (Å²) in [6.45, 7) is 6.52. The van der Waals surface area contributed by atoms with Crippen LogP contribution in [0.3, 0.4) is 0 Å². The fourth-order valence-electron chi connectivity index (χ4n) is 2.35. The molecule has 1 rings (SSSR count). The molecule has 2 heteroatoms. The van der Waals surface area contributed by atoms with Gasteiger partial charge in [0.15, 0.2) is 0 Å². The Morgan fingerprint density at radius 1 is 1.29 bits per heavy atom. The Bertz CT molecular complexity index is 143. The summed E-state index contributed by atoms with van der Waals surface area (Å²) < 4.78 is 5.12. The Labute approximate surface area is 88.4 Å². The molecule has 0 saturated heterocycles. The smallest absolute Gasteiger partial charge is 0.0499 e. The lowest BCUT2D eigenvalue weighted by Crippen LogP contribution is -2.36. The monoisotopic (exact) mass is 199 g/mol. The van der Waals surface area contributed by atoms with Crippen molar-refractivity contribution in [1.82, 2.24) is 5.32 Å². The molecule has 0 aromatic rings. The Morgan fingerprint density at radius 2 is 1.93 bits per heavy atom. The zero-order valence-electron chi connectivity index (χ0n) is 9.88. The van der Waals surface area contributed by atoms with Gasteiger partial charge in [0.25, 0.3) is 0 Å². The van der Waals surface area contributed by atoms with E-state index in [0.717, 1.165) is 19.1 Å². The van der Waals surface area contributed by atoms with Gasteiger partial charge in [-0.2, -0.15) is 0 Å². The average molecular weight is 199 g/mol. The molecule has 1 aliphatic rings. The molecule has 1 N–H and O–H groups in total. The molecule has 0 radical (unpaired) electrons. The van der Waals surface area contributed by atoms with E-state index in [4.69, 9.17) is 4.74 Å². The summed E-state index contributed by atoms with van der Waals surface area (Å²) in [6.07, 6.45) is 5.72. The second kappa shape index (κ2) is 6.41. The molecule has 1 fully saturated rings. The summed E-state index contributed by atoms with van der Waals surface area (Å²) in [5, 5.41) is 3.63.